The molecule has 0 amide bonds. The number of hydrogen-bond acceptors (Lipinski definition) is 3. The highest BCUT2D eigenvalue weighted by molar-refractivity contribution is 7.10. The highest BCUT2D eigenvalue weighted by Gasteiger charge is 2.29. The van der Waals surface area contributed by atoms with Gasteiger partial charge in [-0.25, -0.2) is 0 Å². The van der Waals surface area contributed by atoms with Gasteiger partial charge < -0.3 is 10.6 Å². The Balaban J connectivity index is 1.80. The fraction of sp³-hybridized carbons (Fsp3) is 0.733. The Morgan fingerprint density at radius 2 is 2.06 bits per heavy atom. The van der Waals surface area contributed by atoms with Crippen molar-refractivity contribution < 1.29 is 0 Å². The molecule has 1 aliphatic heterocycles. The summed E-state index contributed by atoms with van der Waals surface area (Å²) >= 11 is 1.77. The topological polar surface area (TPSA) is 29.3 Å². The molecule has 0 bridgehead atoms. The van der Waals surface area contributed by atoms with E-state index in [1.54, 1.807) is 11.3 Å². The SMILES string of the molecule is CC(C)(C)C1CCN(CC(N)c2cccs2)CC1. The summed E-state index contributed by atoms with van der Waals surface area (Å²) in [6.07, 6.45) is 2.64. The van der Waals surface area contributed by atoms with E-state index in [1.165, 1.54) is 30.8 Å². The smallest absolute Gasteiger partial charge is 0.0519 e. The van der Waals surface area contributed by atoms with E-state index < -0.39 is 0 Å². The Kier molecular flexibility index (Phi) is 4.46. The van der Waals surface area contributed by atoms with Crippen LogP contribution in [0.25, 0.3) is 0 Å². The van der Waals surface area contributed by atoms with E-state index in [1.807, 2.05) is 0 Å². The van der Waals surface area contributed by atoms with Gasteiger partial charge in [0.25, 0.3) is 0 Å². The second kappa shape index (κ2) is 5.72. The average Bonchev–Trinajstić information content (AvgIpc) is 2.82. The maximum absolute atomic E-state index is 6.26. The Morgan fingerprint density at radius 1 is 1.39 bits per heavy atom. The second-order valence-corrected chi connectivity index (χ2v) is 7.54. The molecule has 1 saturated heterocycles. The lowest BCUT2D eigenvalue weighted by atomic mass is 9.75. The zero-order valence-electron chi connectivity index (χ0n) is 11.9. The number of nitrogens with zero attached hydrogens (tertiary/aromatic N) is 1. The van der Waals surface area contributed by atoms with Crippen molar-refractivity contribution in [2.24, 2.45) is 17.1 Å². The van der Waals surface area contributed by atoms with Crippen LogP contribution in [0.5, 0.6) is 0 Å². The van der Waals surface area contributed by atoms with Crippen molar-refractivity contribution in [2.45, 2.75) is 39.7 Å². The first-order valence-corrected chi connectivity index (χ1v) is 7.86. The van der Waals surface area contributed by atoms with Crippen LogP contribution in [0.3, 0.4) is 0 Å². The van der Waals surface area contributed by atoms with Gasteiger partial charge in [0.2, 0.25) is 0 Å². The maximum atomic E-state index is 6.26. The van der Waals surface area contributed by atoms with Gasteiger partial charge in [-0.3, -0.25) is 0 Å². The summed E-state index contributed by atoms with van der Waals surface area (Å²) in [5, 5.41) is 2.11. The van der Waals surface area contributed by atoms with Crippen LogP contribution in [-0.2, 0) is 0 Å². The van der Waals surface area contributed by atoms with Crippen LogP contribution in [0.2, 0.25) is 0 Å². The Bertz CT molecular complexity index is 345. The van der Waals surface area contributed by atoms with Gasteiger partial charge in [0.05, 0.1) is 6.04 Å². The largest absolute Gasteiger partial charge is 0.322 e. The van der Waals surface area contributed by atoms with Gasteiger partial charge in [-0.15, -0.1) is 11.3 Å². The first-order valence-electron chi connectivity index (χ1n) is 6.98. The number of likely N-dealkylation sites (tertiary alicyclic amines) is 1. The van der Waals surface area contributed by atoms with Crippen molar-refractivity contribution in [3.8, 4) is 0 Å². The molecular formula is C15H26N2S. The number of rotatable bonds is 3. The predicted molar refractivity (Wildman–Crippen MR) is 79.9 cm³/mol. The van der Waals surface area contributed by atoms with Crippen molar-refractivity contribution in [1.29, 1.82) is 0 Å². The third-order valence-electron chi connectivity index (χ3n) is 4.18. The van der Waals surface area contributed by atoms with E-state index in [2.05, 4.69) is 43.2 Å². The van der Waals surface area contributed by atoms with E-state index >= 15 is 0 Å². The molecule has 18 heavy (non-hydrogen) atoms. The highest BCUT2D eigenvalue weighted by atomic mass is 32.1. The van der Waals surface area contributed by atoms with E-state index in [-0.39, 0.29) is 6.04 Å². The Morgan fingerprint density at radius 3 is 2.56 bits per heavy atom. The number of hydrogen-bond donors (Lipinski definition) is 1. The van der Waals surface area contributed by atoms with Gasteiger partial charge in [0.1, 0.15) is 0 Å². The minimum Gasteiger partial charge on any atom is -0.322 e. The molecule has 0 aromatic carbocycles. The fourth-order valence-corrected chi connectivity index (χ4v) is 3.57. The minimum absolute atomic E-state index is 0.191. The van der Waals surface area contributed by atoms with Crippen LogP contribution in [-0.4, -0.2) is 24.5 Å². The molecular weight excluding hydrogens is 240 g/mol. The fourth-order valence-electron chi connectivity index (χ4n) is 2.85. The van der Waals surface area contributed by atoms with Crippen molar-refractivity contribution in [3.63, 3.8) is 0 Å². The third-order valence-corrected chi connectivity index (χ3v) is 5.18. The van der Waals surface area contributed by atoms with E-state index in [0.29, 0.717) is 5.41 Å². The van der Waals surface area contributed by atoms with E-state index in [4.69, 9.17) is 5.73 Å². The lowest BCUT2D eigenvalue weighted by Crippen LogP contribution is -2.41. The molecule has 1 aliphatic rings. The lowest BCUT2D eigenvalue weighted by Gasteiger charge is -2.39. The highest BCUT2D eigenvalue weighted by Crippen LogP contribution is 2.34. The summed E-state index contributed by atoms with van der Waals surface area (Å²) in [6.45, 7) is 10.5. The molecule has 2 N–H and O–H groups in total. The summed E-state index contributed by atoms with van der Waals surface area (Å²) in [4.78, 5) is 3.85. The molecule has 0 saturated carbocycles. The maximum Gasteiger partial charge on any atom is 0.0519 e. The van der Waals surface area contributed by atoms with Gasteiger partial charge in [-0.1, -0.05) is 26.8 Å². The van der Waals surface area contributed by atoms with E-state index in [9.17, 15) is 0 Å². The minimum atomic E-state index is 0.191. The van der Waals surface area contributed by atoms with Gasteiger partial charge in [0.15, 0.2) is 0 Å². The molecule has 1 atom stereocenters. The molecule has 2 heterocycles. The molecule has 0 spiro atoms. The predicted octanol–water partition coefficient (Wildman–Crippen LogP) is 3.51. The third kappa shape index (κ3) is 3.56. The Labute approximate surface area is 115 Å². The van der Waals surface area contributed by atoms with Crippen LogP contribution < -0.4 is 5.73 Å². The monoisotopic (exact) mass is 266 g/mol. The molecule has 2 rings (SSSR count). The van der Waals surface area contributed by atoms with Gasteiger partial charge in [-0.2, -0.15) is 0 Å². The number of nitrogens with two attached hydrogens (primary N) is 1. The zero-order valence-corrected chi connectivity index (χ0v) is 12.7. The van der Waals surface area contributed by atoms with Crippen molar-refractivity contribution in [3.05, 3.63) is 22.4 Å². The summed E-state index contributed by atoms with van der Waals surface area (Å²) in [5.41, 5.74) is 6.72. The Hall–Kier alpha value is -0.380. The van der Waals surface area contributed by atoms with Gasteiger partial charge in [0, 0.05) is 11.4 Å². The number of piperidine rings is 1. The lowest BCUT2D eigenvalue weighted by molar-refractivity contribution is 0.108. The molecule has 1 aromatic rings. The van der Waals surface area contributed by atoms with E-state index in [0.717, 1.165) is 12.5 Å². The molecule has 2 nitrogen and oxygen atoms in total. The standard InChI is InChI=1S/C15H26N2S/c1-15(2,3)12-6-8-17(9-7-12)11-13(16)14-5-4-10-18-14/h4-5,10,12-13H,6-9,11,16H2,1-3H3. The van der Waals surface area contributed by atoms with Crippen LogP contribution >= 0.6 is 11.3 Å². The van der Waals surface area contributed by atoms with Crippen LogP contribution in [0.4, 0.5) is 0 Å². The molecule has 1 unspecified atom stereocenters. The average molecular weight is 266 g/mol. The molecule has 0 aliphatic carbocycles. The summed E-state index contributed by atoms with van der Waals surface area (Å²) in [6, 6.07) is 4.43. The molecule has 0 radical (unpaired) electrons. The molecule has 102 valence electrons. The van der Waals surface area contributed by atoms with Crippen LogP contribution in [0, 0.1) is 11.3 Å². The summed E-state index contributed by atoms with van der Waals surface area (Å²) < 4.78 is 0. The van der Waals surface area contributed by atoms with Gasteiger partial charge in [-0.05, 0) is 48.7 Å². The first-order chi connectivity index (χ1) is 8.47. The normalized spacial score (nSPS) is 21.1. The second-order valence-electron chi connectivity index (χ2n) is 6.56. The summed E-state index contributed by atoms with van der Waals surface area (Å²) in [7, 11) is 0. The molecule has 1 fully saturated rings. The van der Waals surface area contributed by atoms with Crippen LogP contribution in [0.15, 0.2) is 17.5 Å². The van der Waals surface area contributed by atoms with Crippen molar-refractivity contribution >= 4 is 11.3 Å². The van der Waals surface area contributed by atoms with Crippen LogP contribution in [0.1, 0.15) is 44.5 Å². The molecule has 3 heteroatoms. The quantitative estimate of drug-likeness (QED) is 0.907. The first kappa shape index (κ1) is 14.0. The summed E-state index contributed by atoms with van der Waals surface area (Å²) in [5.74, 6) is 0.867. The van der Waals surface area contributed by atoms with Crippen molar-refractivity contribution in [2.75, 3.05) is 19.6 Å². The number of thiophene rings is 1. The zero-order chi connectivity index (χ0) is 13.2. The van der Waals surface area contributed by atoms with Gasteiger partial charge >= 0.3 is 0 Å². The molecule has 1 aromatic heterocycles. The van der Waals surface area contributed by atoms with Crippen molar-refractivity contribution in [1.82, 2.24) is 4.90 Å².